The normalized spacial score (nSPS) is 19.2. The molecule has 1 aromatic carbocycles. The van der Waals surface area contributed by atoms with Crippen LogP contribution in [0.3, 0.4) is 0 Å². The fraction of sp³-hybridized carbons (Fsp3) is 0.533. The molecule has 2 nitrogen and oxygen atoms in total. The van der Waals surface area contributed by atoms with Crippen molar-refractivity contribution in [2.75, 3.05) is 5.32 Å². The SMILES string of the molecule is Cc1c(Cl)cccc1NC1=NC(CC(C)C)CC1. The zero-order valence-electron chi connectivity index (χ0n) is 11.3. The zero-order chi connectivity index (χ0) is 13.1. The minimum atomic E-state index is 0.493. The van der Waals surface area contributed by atoms with Crippen molar-refractivity contribution in [3.05, 3.63) is 28.8 Å². The molecule has 1 aliphatic heterocycles. The van der Waals surface area contributed by atoms with Crippen LogP contribution in [0, 0.1) is 12.8 Å². The number of benzene rings is 1. The summed E-state index contributed by atoms with van der Waals surface area (Å²) in [7, 11) is 0. The predicted octanol–water partition coefficient (Wildman–Crippen LogP) is 4.67. The van der Waals surface area contributed by atoms with E-state index in [1.54, 1.807) is 0 Å². The smallest absolute Gasteiger partial charge is 0.101 e. The lowest BCUT2D eigenvalue weighted by Crippen LogP contribution is -2.09. The summed E-state index contributed by atoms with van der Waals surface area (Å²) in [6.07, 6.45) is 3.39. The van der Waals surface area contributed by atoms with Gasteiger partial charge in [-0.3, -0.25) is 4.99 Å². The van der Waals surface area contributed by atoms with Crippen molar-refractivity contribution in [3.8, 4) is 0 Å². The van der Waals surface area contributed by atoms with E-state index in [9.17, 15) is 0 Å². The van der Waals surface area contributed by atoms with E-state index >= 15 is 0 Å². The van der Waals surface area contributed by atoms with Gasteiger partial charge in [0.15, 0.2) is 0 Å². The summed E-state index contributed by atoms with van der Waals surface area (Å²) < 4.78 is 0. The van der Waals surface area contributed by atoms with E-state index in [-0.39, 0.29) is 0 Å². The van der Waals surface area contributed by atoms with E-state index in [2.05, 4.69) is 25.2 Å². The highest BCUT2D eigenvalue weighted by Crippen LogP contribution is 2.26. The van der Waals surface area contributed by atoms with Gasteiger partial charge in [-0.2, -0.15) is 0 Å². The second kappa shape index (κ2) is 5.75. The van der Waals surface area contributed by atoms with Gasteiger partial charge in [-0.05, 0) is 43.4 Å². The molecule has 0 aromatic heterocycles. The van der Waals surface area contributed by atoms with Gasteiger partial charge < -0.3 is 5.32 Å². The molecule has 2 rings (SSSR count). The predicted molar refractivity (Wildman–Crippen MR) is 79.7 cm³/mol. The first-order valence-corrected chi connectivity index (χ1v) is 7.03. The highest BCUT2D eigenvalue weighted by atomic mass is 35.5. The minimum Gasteiger partial charge on any atom is -0.344 e. The number of hydrogen-bond acceptors (Lipinski definition) is 2. The van der Waals surface area contributed by atoms with Crippen LogP contribution in [-0.2, 0) is 0 Å². The highest BCUT2D eigenvalue weighted by molar-refractivity contribution is 6.31. The van der Waals surface area contributed by atoms with Gasteiger partial charge in [0.25, 0.3) is 0 Å². The minimum absolute atomic E-state index is 0.493. The molecule has 0 aliphatic carbocycles. The number of anilines is 1. The molecule has 0 radical (unpaired) electrons. The molecule has 1 atom stereocenters. The molecule has 1 unspecified atom stereocenters. The molecule has 0 bridgehead atoms. The van der Waals surface area contributed by atoms with Crippen molar-refractivity contribution in [2.24, 2.45) is 10.9 Å². The monoisotopic (exact) mass is 264 g/mol. The molecular weight excluding hydrogens is 244 g/mol. The first-order valence-electron chi connectivity index (χ1n) is 6.65. The second-order valence-corrected chi connectivity index (χ2v) is 5.84. The van der Waals surface area contributed by atoms with Crippen LogP contribution >= 0.6 is 11.6 Å². The molecule has 1 heterocycles. The average Bonchev–Trinajstić information content (AvgIpc) is 2.71. The summed E-state index contributed by atoms with van der Waals surface area (Å²) in [5.74, 6) is 1.82. The summed E-state index contributed by atoms with van der Waals surface area (Å²) >= 11 is 6.12. The number of halogens is 1. The summed E-state index contributed by atoms with van der Waals surface area (Å²) in [4.78, 5) is 4.76. The lowest BCUT2D eigenvalue weighted by atomic mass is 10.0. The number of rotatable bonds is 3. The fourth-order valence-electron chi connectivity index (χ4n) is 2.36. The van der Waals surface area contributed by atoms with Crippen LogP contribution in [-0.4, -0.2) is 11.9 Å². The number of hydrogen-bond donors (Lipinski definition) is 1. The van der Waals surface area contributed by atoms with Crippen molar-refractivity contribution in [1.29, 1.82) is 0 Å². The Kier molecular flexibility index (Phi) is 4.28. The molecule has 0 saturated carbocycles. The quantitative estimate of drug-likeness (QED) is 0.843. The third kappa shape index (κ3) is 3.26. The van der Waals surface area contributed by atoms with Crippen LogP contribution in [0.2, 0.25) is 5.02 Å². The standard InChI is InChI=1S/C15H21ClN2/c1-10(2)9-12-7-8-15(17-12)18-14-6-4-5-13(16)11(14)3/h4-6,10,12H,7-9H2,1-3H3,(H,17,18). The maximum atomic E-state index is 6.12. The number of aliphatic imine (C=N–C) groups is 1. The summed E-state index contributed by atoms with van der Waals surface area (Å²) in [5, 5.41) is 4.22. The maximum absolute atomic E-state index is 6.12. The zero-order valence-corrected chi connectivity index (χ0v) is 12.1. The first-order chi connectivity index (χ1) is 8.56. The van der Waals surface area contributed by atoms with E-state index < -0.39 is 0 Å². The Balaban J connectivity index is 2.04. The van der Waals surface area contributed by atoms with Gasteiger partial charge in [-0.25, -0.2) is 0 Å². The van der Waals surface area contributed by atoms with E-state index in [1.165, 1.54) is 12.8 Å². The summed E-state index contributed by atoms with van der Waals surface area (Å²) in [6, 6.07) is 6.44. The van der Waals surface area contributed by atoms with Gasteiger partial charge in [0.1, 0.15) is 5.84 Å². The molecule has 0 amide bonds. The second-order valence-electron chi connectivity index (χ2n) is 5.44. The molecule has 1 aromatic rings. The summed E-state index contributed by atoms with van der Waals surface area (Å²) in [6.45, 7) is 6.54. The Morgan fingerprint density at radius 3 is 2.94 bits per heavy atom. The van der Waals surface area contributed by atoms with Crippen LogP contribution in [0.5, 0.6) is 0 Å². The lowest BCUT2D eigenvalue weighted by Gasteiger charge is -2.10. The van der Waals surface area contributed by atoms with E-state index in [0.29, 0.717) is 12.0 Å². The molecule has 1 N–H and O–H groups in total. The lowest BCUT2D eigenvalue weighted by molar-refractivity contribution is 0.496. The fourth-order valence-corrected chi connectivity index (χ4v) is 2.54. The molecule has 1 aliphatic rings. The van der Waals surface area contributed by atoms with Gasteiger partial charge in [0.05, 0.1) is 6.04 Å². The Morgan fingerprint density at radius 2 is 2.22 bits per heavy atom. The van der Waals surface area contributed by atoms with Crippen molar-refractivity contribution < 1.29 is 0 Å². The molecule has 0 spiro atoms. The number of nitrogens with zero attached hydrogens (tertiary/aromatic N) is 1. The van der Waals surface area contributed by atoms with Crippen LogP contribution in [0.25, 0.3) is 0 Å². The Morgan fingerprint density at radius 1 is 1.44 bits per heavy atom. The third-order valence-corrected chi connectivity index (χ3v) is 3.75. The molecule has 3 heteroatoms. The van der Waals surface area contributed by atoms with E-state index in [0.717, 1.165) is 28.5 Å². The Labute approximate surface area is 114 Å². The van der Waals surface area contributed by atoms with Crippen LogP contribution in [0.4, 0.5) is 5.69 Å². The highest BCUT2D eigenvalue weighted by Gasteiger charge is 2.18. The Hall–Kier alpha value is -1.02. The summed E-state index contributed by atoms with van der Waals surface area (Å²) in [5.41, 5.74) is 2.17. The first kappa shape index (κ1) is 13.4. The molecule has 0 saturated heterocycles. The van der Waals surface area contributed by atoms with E-state index in [4.69, 9.17) is 16.6 Å². The largest absolute Gasteiger partial charge is 0.344 e. The van der Waals surface area contributed by atoms with Gasteiger partial charge in [-0.1, -0.05) is 31.5 Å². The van der Waals surface area contributed by atoms with Crippen LogP contribution in [0.1, 0.15) is 38.7 Å². The van der Waals surface area contributed by atoms with Gasteiger partial charge >= 0.3 is 0 Å². The average molecular weight is 265 g/mol. The number of amidine groups is 1. The number of nitrogens with one attached hydrogen (secondary N) is 1. The van der Waals surface area contributed by atoms with Gasteiger partial charge in [0, 0.05) is 17.1 Å². The molecule has 18 heavy (non-hydrogen) atoms. The van der Waals surface area contributed by atoms with Gasteiger partial charge in [0.2, 0.25) is 0 Å². The molecular formula is C15H21ClN2. The van der Waals surface area contributed by atoms with E-state index in [1.807, 2.05) is 19.1 Å². The van der Waals surface area contributed by atoms with Crippen molar-refractivity contribution in [2.45, 2.75) is 46.1 Å². The van der Waals surface area contributed by atoms with Crippen molar-refractivity contribution in [1.82, 2.24) is 0 Å². The molecule has 98 valence electrons. The van der Waals surface area contributed by atoms with Crippen molar-refractivity contribution in [3.63, 3.8) is 0 Å². The van der Waals surface area contributed by atoms with Crippen molar-refractivity contribution >= 4 is 23.1 Å². The molecule has 0 fully saturated rings. The Bertz CT molecular complexity index is 452. The maximum Gasteiger partial charge on any atom is 0.101 e. The third-order valence-electron chi connectivity index (χ3n) is 3.34. The van der Waals surface area contributed by atoms with Crippen LogP contribution in [0.15, 0.2) is 23.2 Å². The van der Waals surface area contributed by atoms with Gasteiger partial charge in [-0.15, -0.1) is 0 Å². The van der Waals surface area contributed by atoms with Crippen LogP contribution < -0.4 is 5.32 Å². The topological polar surface area (TPSA) is 24.4 Å².